The van der Waals surface area contributed by atoms with Crippen LogP contribution in [-0.2, 0) is 0 Å². The van der Waals surface area contributed by atoms with E-state index in [0.717, 1.165) is 16.8 Å². The van der Waals surface area contributed by atoms with E-state index in [-0.39, 0.29) is 5.91 Å². The summed E-state index contributed by atoms with van der Waals surface area (Å²) >= 11 is 1.36. The number of nitrogens with one attached hydrogen (secondary N) is 1. The van der Waals surface area contributed by atoms with Crippen molar-refractivity contribution in [2.45, 2.75) is 6.92 Å². The Morgan fingerprint density at radius 2 is 2.30 bits per heavy atom. The minimum Gasteiger partial charge on any atom is -0.459 e. The molecule has 0 aliphatic carbocycles. The maximum absolute atomic E-state index is 12.0. The molecule has 0 aliphatic rings. The van der Waals surface area contributed by atoms with Crippen LogP contribution in [0.1, 0.15) is 16.1 Å². The third-order valence-corrected chi connectivity index (χ3v) is 3.51. The molecule has 0 saturated heterocycles. The number of carbonyl (C=O) groups is 1. The van der Waals surface area contributed by atoms with Gasteiger partial charge in [-0.2, -0.15) is 0 Å². The van der Waals surface area contributed by atoms with Gasteiger partial charge in [0.1, 0.15) is 0 Å². The molecule has 0 unspecified atom stereocenters. The first kappa shape index (κ1) is 12.6. The van der Waals surface area contributed by atoms with Gasteiger partial charge in [-0.3, -0.25) is 15.1 Å². The van der Waals surface area contributed by atoms with E-state index in [1.54, 1.807) is 18.5 Å². The van der Waals surface area contributed by atoms with Gasteiger partial charge < -0.3 is 4.42 Å². The summed E-state index contributed by atoms with van der Waals surface area (Å²) in [6, 6.07) is 5.52. The average molecular weight is 285 g/mol. The van der Waals surface area contributed by atoms with Crippen molar-refractivity contribution in [2.75, 3.05) is 5.32 Å². The number of anilines is 1. The van der Waals surface area contributed by atoms with Crippen LogP contribution in [0.2, 0.25) is 0 Å². The van der Waals surface area contributed by atoms with Crippen molar-refractivity contribution in [3.8, 4) is 11.3 Å². The number of hydrogen-bond acceptors (Lipinski definition) is 5. The smallest absolute Gasteiger partial charge is 0.293 e. The van der Waals surface area contributed by atoms with Crippen LogP contribution >= 0.6 is 11.3 Å². The van der Waals surface area contributed by atoms with E-state index in [1.165, 1.54) is 17.6 Å². The highest BCUT2D eigenvalue weighted by Crippen LogP contribution is 2.24. The molecule has 3 aromatic heterocycles. The number of aryl methyl sites for hydroxylation is 1. The van der Waals surface area contributed by atoms with Crippen LogP contribution in [0.25, 0.3) is 11.3 Å². The highest BCUT2D eigenvalue weighted by Gasteiger charge is 2.14. The zero-order valence-corrected chi connectivity index (χ0v) is 11.5. The third kappa shape index (κ3) is 2.46. The number of pyridine rings is 1. The average Bonchev–Trinajstić information content (AvgIpc) is 3.09. The Labute approximate surface area is 119 Å². The number of carbonyl (C=O) groups excluding carboxylic acids is 1. The van der Waals surface area contributed by atoms with E-state index in [0.29, 0.717) is 10.9 Å². The lowest BCUT2D eigenvalue weighted by Gasteiger charge is -1.99. The molecule has 3 heterocycles. The molecular weight excluding hydrogens is 274 g/mol. The molecule has 0 radical (unpaired) electrons. The molecule has 6 heteroatoms. The van der Waals surface area contributed by atoms with Crippen molar-refractivity contribution in [3.05, 3.63) is 53.6 Å². The second-order valence-electron chi connectivity index (χ2n) is 4.17. The molecule has 0 fully saturated rings. The Balaban J connectivity index is 1.78. The summed E-state index contributed by atoms with van der Waals surface area (Å²) in [7, 11) is 0. The number of nitrogens with zero attached hydrogens (tertiary/aromatic N) is 2. The molecule has 1 N–H and O–H groups in total. The Morgan fingerprint density at radius 3 is 3.00 bits per heavy atom. The monoisotopic (exact) mass is 285 g/mol. The van der Waals surface area contributed by atoms with Crippen LogP contribution < -0.4 is 5.32 Å². The van der Waals surface area contributed by atoms with Gasteiger partial charge in [0.05, 0.1) is 12.0 Å². The lowest BCUT2D eigenvalue weighted by Crippen LogP contribution is -2.11. The minimum atomic E-state index is -0.292. The van der Waals surface area contributed by atoms with Crippen LogP contribution in [0.5, 0.6) is 0 Å². The molecule has 0 aliphatic heterocycles. The van der Waals surface area contributed by atoms with Gasteiger partial charge in [-0.15, -0.1) is 11.3 Å². The van der Waals surface area contributed by atoms with Crippen LogP contribution in [0.3, 0.4) is 0 Å². The van der Waals surface area contributed by atoms with Crippen molar-refractivity contribution in [1.82, 2.24) is 9.97 Å². The van der Waals surface area contributed by atoms with Crippen LogP contribution in [0, 0.1) is 6.92 Å². The molecule has 100 valence electrons. The number of thiazole rings is 1. The van der Waals surface area contributed by atoms with Crippen LogP contribution in [-0.4, -0.2) is 15.9 Å². The fourth-order valence-electron chi connectivity index (χ4n) is 1.74. The molecule has 0 bridgehead atoms. The standard InChI is InChI=1S/C14H11N3O2S/c1-9-4-6-19-12(9)13(18)17-14-16-11(8-20-14)10-3-2-5-15-7-10/h2-8H,1H3,(H,16,17,18). The van der Waals surface area contributed by atoms with E-state index in [9.17, 15) is 4.79 Å². The first-order valence-electron chi connectivity index (χ1n) is 5.95. The van der Waals surface area contributed by atoms with Crippen LogP contribution in [0.15, 0.2) is 46.7 Å². The molecule has 0 aromatic carbocycles. The Bertz CT molecular complexity index is 734. The number of aromatic nitrogens is 2. The van der Waals surface area contributed by atoms with Crippen molar-refractivity contribution in [1.29, 1.82) is 0 Å². The van der Waals surface area contributed by atoms with Crippen molar-refractivity contribution in [2.24, 2.45) is 0 Å². The second kappa shape index (κ2) is 5.26. The van der Waals surface area contributed by atoms with Gasteiger partial charge >= 0.3 is 0 Å². The fraction of sp³-hybridized carbons (Fsp3) is 0.0714. The maximum Gasteiger partial charge on any atom is 0.293 e. The lowest BCUT2D eigenvalue weighted by atomic mass is 10.2. The van der Waals surface area contributed by atoms with Gasteiger partial charge in [0.15, 0.2) is 10.9 Å². The molecule has 3 rings (SSSR count). The minimum absolute atomic E-state index is 0.292. The second-order valence-corrected chi connectivity index (χ2v) is 5.02. The SMILES string of the molecule is Cc1ccoc1C(=O)Nc1nc(-c2cccnc2)cs1. The summed E-state index contributed by atoms with van der Waals surface area (Å²) in [5.74, 6) is 0.0164. The van der Waals surface area contributed by atoms with Gasteiger partial charge in [0.25, 0.3) is 5.91 Å². The zero-order chi connectivity index (χ0) is 13.9. The summed E-state index contributed by atoms with van der Waals surface area (Å²) < 4.78 is 5.14. The van der Waals surface area contributed by atoms with Crippen LogP contribution in [0.4, 0.5) is 5.13 Å². The molecular formula is C14H11N3O2S. The van der Waals surface area contributed by atoms with Crippen molar-refractivity contribution >= 4 is 22.4 Å². The summed E-state index contributed by atoms with van der Waals surface area (Å²) in [5, 5.41) is 5.14. The quantitative estimate of drug-likeness (QED) is 0.801. The predicted molar refractivity (Wildman–Crippen MR) is 76.7 cm³/mol. The molecule has 3 aromatic rings. The van der Waals surface area contributed by atoms with Crippen molar-refractivity contribution < 1.29 is 9.21 Å². The van der Waals surface area contributed by atoms with Gasteiger partial charge in [0, 0.05) is 28.9 Å². The van der Waals surface area contributed by atoms with Gasteiger partial charge in [-0.25, -0.2) is 4.98 Å². The molecule has 20 heavy (non-hydrogen) atoms. The summed E-state index contributed by atoms with van der Waals surface area (Å²) in [4.78, 5) is 20.4. The predicted octanol–water partition coefficient (Wildman–Crippen LogP) is 3.36. The van der Waals surface area contributed by atoms with E-state index >= 15 is 0 Å². The third-order valence-electron chi connectivity index (χ3n) is 2.75. The lowest BCUT2D eigenvalue weighted by molar-refractivity contribution is 0.0996. The first-order chi connectivity index (χ1) is 9.74. The topological polar surface area (TPSA) is 68.0 Å². The maximum atomic E-state index is 12.0. The van der Waals surface area contributed by atoms with E-state index in [1.807, 2.05) is 24.4 Å². The van der Waals surface area contributed by atoms with E-state index < -0.39 is 0 Å². The van der Waals surface area contributed by atoms with Gasteiger partial charge in [-0.05, 0) is 25.1 Å². The first-order valence-corrected chi connectivity index (χ1v) is 6.83. The highest BCUT2D eigenvalue weighted by molar-refractivity contribution is 7.14. The highest BCUT2D eigenvalue weighted by atomic mass is 32.1. The largest absolute Gasteiger partial charge is 0.459 e. The Morgan fingerprint density at radius 1 is 1.40 bits per heavy atom. The number of rotatable bonds is 3. The summed E-state index contributed by atoms with van der Waals surface area (Å²) in [5.41, 5.74) is 2.50. The number of hydrogen-bond donors (Lipinski definition) is 1. The summed E-state index contributed by atoms with van der Waals surface area (Å²) in [6.07, 6.45) is 4.93. The Hall–Kier alpha value is -2.47. The summed E-state index contributed by atoms with van der Waals surface area (Å²) in [6.45, 7) is 1.82. The molecule has 0 saturated carbocycles. The van der Waals surface area contributed by atoms with E-state index in [2.05, 4.69) is 15.3 Å². The molecule has 0 atom stereocenters. The van der Waals surface area contributed by atoms with Gasteiger partial charge in [0.2, 0.25) is 0 Å². The molecule has 1 amide bonds. The van der Waals surface area contributed by atoms with Gasteiger partial charge in [-0.1, -0.05) is 0 Å². The molecule has 0 spiro atoms. The Kier molecular flexibility index (Phi) is 3.30. The van der Waals surface area contributed by atoms with Crippen molar-refractivity contribution in [3.63, 3.8) is 0 Å². The number of furan rings is 1. The fourth-order valence-corrected chi connectivity index (χ4v) is 2.45. The molecule has 5 nitrogen and oxygen atoms in total. The zero-order valence-electron chi connectivity index (χ0n) is 10.7. The number of amides is 1. The van der Waals surface area contributed by atoms with E-state index in [4.69, 9.17) is 4.42 Å². The normalized spacial score (nSPS) is 10.4.